The monoisotopic (exact) mass is 611 g/mol. The molecule has 1 heterocycles. The standard InChI is InChI=1S/C36H60N4O2.C2H6/c1-10-11-23-36(4,5)34(31-18-13-12-14-19-31)42-29(3)39-25-26-40(33(27-39)28(2)30-20-17-21-30)35(41)32(38(8)9)22-15-16-24-37(6)7;1-2/h12-14,18-19,32-34H,3,10-11,15-17,20-27H2,1-2,4-9H3;1-2H3/t32-,33+,34?;/m1./s1. The Morgan fingerprint density at radius 2 is 1.70 bits per heavy atom. The third kappa shape index (κ3) is 10.7. The Morgan fingerprint density at radius 3 is 2.25 bits per heavy atom. The van der Waals surface area contributed by atoms with Crippen molar-refractivity contribution in [3.63, 3.8) is 0 Å². The number of carbonyl (C=O) groups excluding carboxylic acids is 1. The van der Waals surface area contributed by atoms with Crippen molar-refractivity contribution in [2.45, 2.75) is 118 Å². The molecule has 250 valence electrons. The van der Waals surface area contributed by atoms with E-state index in [4.69, 9.17) is 4.74 Å². The molecule has 44 heavy (non-hydrogen) atoms. The zero-order valence-corrected chi connectivity index (χ0v) is 30.1. The summed E-state index contributed by atoms with van der Waals surface area (Å²) in [4.78, 5) is 23.0. The average Bonchev–Trinajstić information content (AvgIpc) is 2.98. The summed E-state index contributed by atoms with van der Waals surface area (Å²) in [5.41, 5.74) is 4.06. The Kier molecular flexibility index (Phi) is 16.0. The van der Waals surface area contributed by atoms with Crippen molar-refractivity contribution in [2.24, 2.45) is 5.41 Å². The van der Waals surface area contributed by atoms with E-state index in [1.807, 2.05) is 13.8 Å². The Hall–Kier alpha value is -2.31. The van der Waals surface area contributed by atoms with E-state index in [1.54, 1.807) is 0 Å². The number of benzene rings is 1. The summed E-state index contributed by atoms with van der Waals surface area (Å²) >= 11 is 0. The zero-order chi connectivity index (χ0) is 32.9. The maximum absolute atomic E-state index is 14.2. The van der Waals surface area contributed by atoms with E-state index in [0.717, 1.165) is 64.0 Å². The quantitative estimate of drug-likeness (QED) is 0.107. The molecule has 0 aromatic heterocycles. The molecule has 6 nitrogen and oxygen atoms in total. The van der Waals surface area contributed by atoms with Gasteiger partial charge in [-0.2, -0.15) is 0 Å². The molecule has 1 saturated heterocycles. The number of rotatable bonds is 16. The first kappa shape index (κ1) is 37.9. The van der Waals surface area contributed by atoms with Crippen molar-refractivity contribution in [3.8, 4) is 0 Å². The van der Waals surface area contributed by atoms with Crippen LogP contribution in [0, 0.1) is 5.41 Å². The Morgan fingerprint density at radius 1 is 1.05 bits per heavy atom. The minimum absolute atomic E-state index is 0.0349. The van der Waals surface area contributed by atoms with Gasteiger partial charge in [0.15, 0.2) is 5.88 Å². The summed E-state index contributed by atoms with van der Waals surface area (Å²) in [5.74, 6) is 0.993. The summed E-state index contributed by atoms with van der Waals surface area (Å²) in [7, 11) is 8.33. The van der Waals surface area contributed by atoms with E-state index < -0.39 is 0 Å². The molecule has 0 radical (unpaired) electrons. The maximum atomic E-state index is 14.2. The molecule has 2 aliphatic rings. The number of likely N-dealkylation sites (N-methyl/N-ethyl adjacent to an activating group) is 1. The van der Waals surface area contributed by atoms with Gasteiger partial charge in [-0.05, 0) is 97.9 Å². The fourth-order valence-electron chi connectivity index (χ4n) is 6.47. The number of allylic oxidation sites excluding steroid dienone is 1. The predicted molar refractivity (Wildman–Crippen MR) is 188 cm³/mol. The van der Waals surface area contributed by atoms with Crippen molar-refractivity contribution in [1.82, 2.24) is 19.6 Å². The zero-order valence-electron chi connectivity index (χ0n) is 30.1. The summed E-state index contributed by atoms with van der Waals surface area (Å²) in [6.07, 6.45) is 9.97. The normalized spacial score (nSPS) is 18.4. The van der Waals surface area contributed by atoms with Crippen LogP contribution < -0.4 is 0 Å². The number of hydrogen-bond acceptors (Lipinski definition) is 5. The lowest BCUT2D eigenvalue weighted by molar-refractivity contribution is -0.141. The highest BCUT2D eigenvalue weighted by Gasteiger charge is 2.39. The van der Waals surface area contributed by atoms with Gasteiger partial charge in [-0.25, -0.2) is 0 Å². The van der Waals surface area contributed by atoms with E-state index >= 15 is 0 Å². The fourth-order valence-corrected chi connectivity index (χ4v) is 6.47. The van der Waals surface area contributed by atoms with Crippen molar-refractivity contribution in [1.29, 1.82) is 0 Å². The van der Waals surface area contributed by atoms with Gasteiger partial charge in [0.25, 0.3) is 0 Å². The van der Waals surface area contributed by atoms with Crippen molar-refractivity contribution in [3.05, 3.63) is 59.5 Å². The Labute approximate surface area is 271 Å². The van der Waals surface area contributed by atoms with Gasteiger partial charge in [-0.15, -0.1) is 0 Å². The lowest BCUT2D eigenvalue weighted by atomic mass is 9.78. The van der Waals surface area contributed by atoms with Crippen LogP contribution in [0.2, 0.25) is 0 Å². The Balaban J connectivity index is 0.00000330. The molecular weight excluding hydrogens is 544 g/mol. The second kappa shape index (κ2) is 18.6. The number of amides is 1. The van der Waals surface area contributed by atoms with Crippen LogP contribution >= 0.6 is 0 Å². The van der Waals surface area contributed by atoms with Gasteiger partial charge in [0.1, 0.15) is 6.10 Å². The summed E-state index contributed by atoms with van der Waals surface area (Å²) in [6.45, 7) is 20.8. The van der Waals surface area contributed by atoms with Gasteiger partial charge in [0, 0.05) is 25.0 Å². The average molecular weight is 611 g/mol. The van der Waals surface area contributed by atoms with E-state index in [0.29, 0.717) is 6.54 Å². The maximum Gasteiger partial charge on any atom is 0.240 e. The number of piperazine rings is 1. The van der Waals surface area contributed by atoms with Gasteiger partial charge >= 0.3 is 0 Å². The molecule has 6 heteroatoms. The highest BCUT2D eigenvalue weighted by atomic mass is 16.5. The number of carbonyl (C=O) groups is 1. The topological polar surface area (TPSA) is 39.3 Å². The van der Waals surface area contributed by atoms with Gasteiger partial charge in [0.05, 0.1) is 12.1 Å². The first-order chi connectivity index (χ1) is 21.0. The molecule has 2 fully saturated rings. The number of nitrogens with zero attached hydrogens (tertiary/aromatic N) is 4. The van der Waals surface area contributed by atoms with Gasteiger partial charge in [-0.3, -0.25) is 9.69 Å². The van der Waals surface area contributed by atoms with E-state index in [-0.39, 0.29) is 29.5 Å². The largest absolute Gasteiger partial charge is 0.471 e. The van der Waals surface area contributed by atoms with Crippen molar-refractivity contribution in [2.75, 3.05) is 54.4 Å². The minimum atomic E-state index is -0.0957. The number of unbranched alkanes of at least 4 members (excludes halogenated alkanes) is 2. The molecule has 0 bridgehead atoms. The molecule has 0 spiro atoms. The van der Waals surface area contributed by atoms with Gasteiger partial charge in [0.2, 0.25) is 5.91 Å². The molecule has 1 aliphatic heterocycles. The minimum Gasteiger partial charge on any atom is -0.471 e. The van der Waals surface area contributed by atoms with Crippen molar-refractivity contribution < 1.29 is 9.53 Å². The molecule has 1 unspecified atom stereocenters. The van der Waals surface area contributed by atoms with E-state index in [1.165, 1.54) is 36.0 Å². The lowest BCUT2D eigenvalue weighted by Gasteiger charge is -2.47. The molecule has 0 N–H and O–H groups in total. The molecule has 1 aromatic carbocycles. The molecule has 1 aliphatic carbocycles. The van der Waals surface area contributed by atoms with Crippen LogP contribution in [-0.2, 0) is 9.53 Å². The SMILES string of the molecule is C=C(OC(c1ccccc1)C(C)(C)CCCC)N1CCN(C(=O)[C@@H](CCCCN(C)C)N(C)C)[C@H](C(C)=C2CCC2)C1.CC. The third-order valence-electron chi connectivity index (χ3n) is 9.51. The lowest BCUT2D eigenvalue weighted by Crippen LogP contribution is -2.59. The van der Waals surface area contributed by atoms with E-state index in [2.05, 4.69) is 112 Å². The molecule has 3 rings (SSSR count). The van der Waals surface area contributed by atoms with Crippen LogP contribution in [-0.4, -0.2) is 92.0 Å². The number of ether oxygens (including phenoxy) is 1. The molecule has 3 atom stereocenters. The van der Waals surface area contributed by atoms with Gasteiger partial charge in [-0.1, -0.05) is 89.8 Å². The Bertz CT molecular complexity index is 1030. The molecule has 1 amide bonds. The smallest absolute Gasteiger partial charge is 0.240 e. The highest BCUT2D eigenvalue weighted by molar-refractivity contribution is 5.82. The second-order valence-electron chi connectivity index (χ2n) is 13.8. The summed E-state index contributed by atoms with van der Waals surface area (Å²) < 4.78 is 6.83. The number of hydrogen-bond donors (Lipinski definition) is 0. The summed E-state index contributed by atoms with van der Waals surface area (Å²) in [6, 6.07) is 10.6. The van der Waals surface area contributed by atoms with Gasteiger partial charge < -0.3 is 19.4 Å². The highest BCUT2D eigenvalue weighted by Crippen LogP contribution is 2.42. The second-order valence-corrected chi connectivity index (χ2v) is 13.8. The van der Waals surface area contributed by atoms with Crippen LogP contribution in [0.15, 0.2) is 53.9 Å². The first-order valence-electron chi connectivity index (χ1n) is 17.4. The third-order valence-corrected chi connectivity index (χ3v) is 9.51. The van der Waals surface area contributed by atoms with Crippen LogP contribution in [0.25, 0.3) is 0 Å². The van der Waals surface area contributed by atoms with Crippen LogP contribution in [0.1, 0.15) is 111 Å². The van der Waals surface area contributed by atoms with Crippen molar-refractivity contribution >= 4 is 5.91 Å². The van der Waals surface area contributed by atoms with Crippen LogP contribution in [0.4, 0.5) is 0 Å². The molecule has 1 saturated carbocycles. The van der Waals surface area contributed by atoms with E-state index in [9.17, 15) is 4.79 Å². The fraction of sp³-hybridized carbons (Fsp3) is 0.711. The molecule has 1 aromatic rings. The first-order valence-corrected chi connectivity index (χ1v) is 17.4. The predicted octanol–water partition coefficient (Wildman–Crippen LogP) is 8.13. The van der Waals surface area contributed by atoms with Crippen LogP contribution in [0.5, 0.6) is 0 Å². The van der Waals surface area contributed by atoms with Crippen LogP contribution in [0.3, 0.4) is 0 Å². The summed E-state index contributed by atoms with van der Waals surface area (Å²) in [5, 5.41) is 0. The molecular formula is C38H66N4O2.